The minimum atomic E-state index is -0.128. The summed E-state index contributed by atoms with van der Waals surface area (Å²) in [6.07, 6.45) is 4.05. The van der Waals surface area contributed by atoms with E-state index in [1.807, 2.05) is 50.4 Å². The molecule has 0 saturated carbocycles. The van der Waals surface area contributed by atoms with E-state index in [0.29, 0.717) is 17.3 Å². The molecule has 2 atom stereocenters. The molecular weight excluding hydrogens is 420 g/mol. The summed E-state index contributed by atoms with van der Waals surface area (Å²) in [4.78, 5) is 4.23. The van der Waals surface area contributed by atoms with E-state index in [1.165, 1.54) is 0 Å². The highest BCUT2D eigenvalue weighted by molar-refractivity contribution is 7.80. The number of aromatic hydroxyl groups is 1. The second-order valence-electron chi connectivity index (χ2n) is 8.01. The fourth-order valence-corrected chi connectivity index (χ4v) is 4.02. The van der Waals surface area contributed by atoms with Gasteiger partial charge in [-0.2, -0.15) is 5.10 Å². The molecule has 6 nitrogen and oxygen atoms in total. The molecular formula is C25H26N4O2S. The zero-order valence-corrected chi connectivity index (χ0v) is 19.1. The number of phenols is 1. The average molecular weight is 447 g/mol. The number of hydrazone groups is 1. The van der Waals surface area contributed by atoms with Crippen LogP contribution >= 0.6 is 12.2 Å². The molecule has 1 aliphatic heterocycles. The number of fused-ring (bicyclic) bond motifs is 1. The van der Waals surface area contributed by atoms with Crippen molar-refractivity contribution in [1.29, 1.82) is 0 Å². The first-order chi connectivity index (χ1) is 15.4. The Balaban J connectivity index is 1.57. The predicted octanol–water partition coefficient (Wildman–Crippen LogP) is 5.05. The Kier molecular flexibility index (Phi) is 6.37. The molecule has 164 valence electrons. The minimum Gasteiger partial charge on any atom is -0.508 e. The number of nitrogens with zero attached hydrogens (tertiary/aromatic N) is 2. The molecule has 2 aromatic carbocycles. The van der Waals surface area contributed by atoms with E-state index in [4.69, 9.17) is 17.0 Å². The number of hydrogen-bond donors (Lipinski definition) is 3. The third-order valence-electron chi connectivity index (χ3n) is 5.73. The highest BCUT2D eigenvalue weighted by Gasteiger charge is 2.30. The highest BCUT2D eigenvalue weighted by Crippen LogP contribution is 2.35. The zero-order valence-electron chi connectivity index (χ0n) is 18.3. The summed E-state index contributed by atoms with van der Waals surface area (Å²) >= 11 is 5.49. The first-order valence-corrected chi connectivity index (χ1v) is 10.9. The van der Waals surface area contributed by atoms with Crippen LogP contribution in [0.1, 0.15) is 41.5 Å². The molecule has 1 aliphatic rings. The summed E-state index contributed by atoms with van der Waals surface area (Å²) in [5.41, 5.74) is 8.77. The first kappa shape index (κ1) is 21.8. The molecule has 0 amide bonds. The van der Waals surface area contributed by atoms with Gasteiger partial charge >= 0.3 is 0 Å². The fraction of sp³-hybridized carbons (Fsp3) is 0.240. The van der Waals surface area contributed by atoms with Gasteiger partial charge < -0.3 is 15.2 Å². The van der Waals surface area contributed by atoms with Gasteiger partial charge in [0.25, 0.3) is 0 Å². The third-order valence-corrected chi connectivity index (χ3v) is 5.92. The molecule has 0 radical (unpaired) electrons. The number of aromatic nitrogens is 1. The van der Waals surface area contributed by atoms with Gasteiger partial charge in [-0.15, -0.1) is 0 Å². The van der Waals surface area contributed by atoms with Crippen LogP contribution in [0.15, 0.2) is 66.0 Å². The molecule has 0 fully saturated rings. The molecule has 0 spiro atoms. The number of hydrogen-bond acceptors (Lipinski definition) is 5. The van der Waals surface area contributed by atoms with Crippen molar-refractivity contribution in [3.05, 3.63) is 83.2 Å². The van der Waals surface area contributed by atoms with Gasteiger partial charge in [0.2, 0.25) is 0 Å². The van der Waals surface area contributed by atoms with Crippen LogP contribution < -0.4 is 15.5 Å². The molecule has 7 heteroatoms. The standard InChI is InChI=1S/C25H26N4O2S/c1-15-6-4-7-16(2)24(15)27-25(32)29-28-21-13-23(17(3)18-8-5-11-26-14-18)31-22-10-9-19(30)12-20(21)22/h4-12,14,17,23,30H,13H2,1-3H3,(H2,27,29,32)/b28-21-/t17-,23+/m1/s1. The number of benzene rings is 2. The van der Waals surface area contributed by atoms with Crippen molar-refractivity contribution in [3.8, 4) is 11.5 Å². The number of pyridine rings is 1. The Morgan fingerprint density at radius 3 is 2.69 bits per heavy atom. The fourth-order valence-electron chi connectivity index (χ4n) is 3.87. The van der Waals surface area contributed by atoms with E-state index in [2.05, 4.69) is 27.8 Å². The van der Waals surface area contributed by atoms with Crippen LogP contribution in [0.5, 0.6) is 11.5 Å². The summed E-state index contributed by atoms with van der Waals surface area (Å²) < 4.78 is 6.27. The molecule has 32 heavy (non-hydrogen) atoms. The molecule has 3 aromatic rings. The molecule has 0 saturated heterocycles. The van der Waals surface area contributed by atoms with Crippen molar-refractivity contribution in [2.75, 3.05) is 5.32 Å². The maximum Gasteiger partial charge on any atom is 0.191 e. The highest BCUT2D eigenvalue weighted by atomic mass is 32.1. The topological polar surface area (TPSA) is 78.8 Å². The molecule has 3 N–H and O–H groups in total. The number of ether oxygens (including phenoxy) is 1. The lowest BCUT2D eigenvalue weighted by molar-refractivity contribution is 0.176. The molecule has 0 unspecified atom stereocenters. The van der Waals surface area contributed by atoms with Crippen molar-refractivity contribution < 1.29 is 9.84 Å². The minimum absolute atomic E-state index is 0.107. The lowest BCUT2D eigenvalue weighted by atomic mass is 9.89. The maximum atomic E-state index is 10.0. The average Bonchev–Trinajstić information content (AvgIpc) is 2.80. The van der Waals surface area contributed by atoms with Gasteiger partial charge in [-0.05, 0) is 67.0 Å². The van der Waals surface area contributed by atoms with E-state index in [1.54, 1.807) is 24.4 Å². The second-order valence-corrected chi connectivity index (χ2v) is 8.42. The van der Waals surface area contributed by atoms with Crippen LogP contribution in [0, 0.1) is 13.8 Å². The number of anilines is 1. The first-order valence-electron chi connectivity index (χ1n) is 10.5. The summed E-state index contributed by atoms with van der Waals surface area (Å²) in [7, 11) is 0. The van der Waals surface area contributed by atoms with Gasteiger partial charge in [-0.1, -0.05) is 31.2 Å². The lowest BCUT2D eigenvalue weighted by Gasteiger charge is -2.31. The predicted molar refractivity (Wildman–Crippen MR) is 132 cm³/mol. The largest absolute Gasteiger partial charge is 0.508 e. The van der Waals surface area contributed by atoms with Crippen molar-refractivity contribution in [3.63, 3.8) is 0 Å². The van der Waals surface area contributed by atoms with Crippen molar-refractivity contribution in [2.45, 2.75) is 39.2 Å². The summed E-state index contributed by atoms with van der Waals surface area (Å²) in [5.74, 6) is 0.953. The number of rotatable bonds is 4. The van der Waals surface area contributed by atoms with Crippen LogP contribution in [0.4, 0.5) is 5.69 Å². The van der Waals surface area contributed by atoms with Crippen molar-refractivity contribution in [1.82, 2.24) is 10.4 Å². The van der Waals surface area contributed by atoms with Gasteiger partial charge in [0, 0.05) is 36.0 Å². The van der Waals surface area contributed by atoms with Gasteiger partial charge in [0.1, 0.15) is 17.6 Å². The SMILES string of the molecule is Cc1cccc(C)c1NC(=S)N/N=C1/C[C@@H]([C@H](C)c2cccnc2)Oc2ccc(O)cc21. The Morgan fingerprint density at radius 1 is 1.19 bits per heavy atom. The number of thiocarbonyl (C=S) groups is 1. The second kappa shape index (κ2) is 9.36. The van der Waals surface area contributed by atoms with Crippen LogP contribution in [0.2, 0.25) is 0 Å². The van der Waals surface area contributed by atoms with E-state index in [0.717, 1.165) is 33.7 Å². The maximum absolute atomic E-state index is 10.0. The van der Waals surface area contributed by atoms with Crippen molar-refractivity contribution in [2.24, 2.45) is 5.10 Å². The number of para-hydroxylation sites is 1. The Bertz CT molecular complexity index is 1140. The molecule has 0 bridgehead atoms. The molecule has 0 aliphatic carbocycles. The zero-order chi connectivity index (χ0) is 22.7. The van der Waals surface area contributed by atoms with Gasteiger partial charge in [0.05, 0.1) is 5.71 Å². The van der Waals surface area contributed by atoms with E-state index < -0.39 is 0 Å². The third kappa shape index (κ3) is 4.73. The number of nitrogens with one attached hydrogen (secondary N) is 2. The van der Waals surface area contributed by atoms with Crippen LogP contribution in [-0.4, -0.2) is 27.0 Å². The normalized spacial score (nSPS) is 17.2. The summed E-state index contributed by atoms with van der Waals surface area (Å²) in [5, 5.41) is 18.3. The van der Waals surface area contributed by atoms with Crippen LogP contribution in [0.25, 0.3) is 0 Å². The van der Waals surface area contributed by atoms with Crippen LogP contribution in [-0.2, 0) is 0 Å². The summed E-state index contributed by atoms with van der Waals surface area (Å²) in [6.45, 7) is 6.18. The van der Waals surface area contributed by atoms with Crippen LogP contribution in [0.3, 0.4) is 0 Å². The molecule has 1 aromatic heterocycles. The number of phenolic OH excluding ortho intramolecular Hbond substituents is 1. The van der Waals surface area contributed by atoms with Gasteiger partial charge in [0.15, 0.2) is 5.11 Å². The van der Waals surface area contributed by atoms with E-state index in [-0.39, 0.29) is 17.8 Å². The van der Waals surface area contributed by atoms with E-state index >= 15 is 0 Å². The Labute approximate surface area is 193 Å². The Hall–Kier alpha value is -3.45. The monoisotopic (exact) mass is 446 g/mol. The van der Waals surface area contributed by atoms with Gasteiger partial charge in [-0.3, -0.25) is 10.4 Å². The summed E-state index contributed by atoms with van der Waals surface area (Å²) in [6, 6.07) is 15.1. The quantitative estimate of drug-likeness (QED) is 0.385. The van der Waals surface area contributed by atoms with Crippen molar-refractivity contribution >= 4 is 28.7 Å². The smallest absolute Gasteiger partial charge is 0.191 e. The Morgan fingerprint density at radius 2 is 1.97 bits per heavy atom. The molecule has 2 heterocycles. The van der Waals surface area contributed by atoms with Gasteiger partial charge in [-0.25, -0.2) is 0 Å². The molecule has 4 rings (SSSR count). The lowest BCUT2D eigenvalue weighted by Crippen LogP contribution is -2.34. The number of aryl methyl sites for hydroxylation is 2. The van der Waals surface area contributed by atoms with E-state index in [9.17, 15) is 5.11 Å².